The highest BCUT2D eigenvalue weighted by molar-refractivity contribution is 7.99. The maximum atomic E-state index is 12.1. The number of aryl methyl sites for hydroxylation is 1. The first kappa shape index (κ1) is 13.8. The van der Waals surface area contributed by atoms with E-state index in [4.69, 9.17) is 0 Å². The zero-order valence-electron chi connectivity index (χ0n) is 11.9. The van der Waals surface area contributed by atoms with Crippen LogP contribution in [0.25, 0.3) is 5.65 Å². The van der Waals surface area contributed by atoms with Crippen LogP contribution in [0.1, 0.15) is 23.3 Å². The summed E-state index contributed by atoms with van der Waals surface area (Å²) in [7, 11) is 0. The van der Waals surface area contributed by atoms with Crippen molar-refractivity contribution in [3.63, 3.8) is 0 Å². The van der Waals surface area contributed by atoms with Crippen molar-refractivity contribution in [2.45, 2.75) is 24.3 Å². The van der Waals surface area contributed by atoms with Crippen LogP contribution < -0.4 is 5.69 Å². The third kappa shape index (κ3) is 2.97. The van der Waals surface area contributed by atoms with Gasteiger partial charge in [-0.05, 0) is 31.0 Å². The summed E-state index contributed by atoms with van der Waals surface area (Å²) in [6.07, 6.45) is 1.76. The topological polar surface area (TPSA) is 47.3 Å². The molecule has 0 radical (unpaired) electrons. The molecular formula is C16H15N3OS. The Kier molecular flexibility index (Phi) is 3.75. The molecule has 0 N–H and O–H groups in total. The number of nitrogens with zero attached hydrogens (tertiary/aromatic N) is 3. The third-order valence-electron chi connectivity index (χ3n) is 3.23. The number of pyridine rings is 1. The molecule has 0 unspecified atom stereocenters. The lowest BCUT2D eigenvalue weighted by Crippen LogP contribution is -2.19. The summed E-state index contributed by atoms with van der Waals surface area (Å²) in [5.74, 6) is 0. The fourth-order valence-corrected chi connectivity index (χ4v) is 2.99. The van der Waals surface area contributed by atoms with Gasteiger partial charge in [0, 0.05) is 11.4 Å². The van der Waals surface area contributed by atoms with E-state index in [2.05, 4.69) is 29.0 Å². The van der Waals surface area contributed by atoms with Gasteiger partial charge in [-0.3, -0.25) is 4.40 Å². The largest absolute Gasteiger partial charge is 0.355 e. The van der Waals surface area contributed by atoms with E-state index in [9.17, 15) is 4.79 Å². The number of hydrogen-bond donors (Lipinski definition) is 0. The van der Waals surface area contributed by atoms with Crippen molar-refractivity contribution in [3.05, 3.63) is 70.3 Å². The van der Waals surface area contributed by atoms with Gasteiger partial charge in [0.05, 0.1) is 0 Å². The molecule has 0 aliphatic heterocycles. The maximum Gasteiger partial charge on any atom is 0.355 e. The predicted octanol–water partition coefficient (Wildman–Crippen LogP) is 3.25. The molecule has 5 heteroatoms. The fraction of sp³-hybridized carbons (Fsp3) is 0.188. The Morgan fingerprint density at radius 1 is 1.10 bits per heavy atom. The molecular weight excluding hydrogens is 282 g/mol. The Bertz CT molecular complexity index is 830. The van der Waals surface area contributed by atoms with Crippen molar-refractivity contribution >= 4 is 17.4 Å². The number of aromatic nitrogens is 3. The van der Waals surface area contributed by atoms with E-state index < -0.39 is 0 Å². The van der Waals surface area contributed by atoms with Gasteiger partial charge in [-0.1, -0.05) is 48.2 Å². The molecule has 3 aromatic rings. The molecule has 0 aliphatic carbocycles. The van der Waals surface area contributed by atoms with E-state index in [1.807, 2.05) is 37.3 Å². The van der Waals surface area contributed by atoms with Crippen molar-refractivity contribution in [1.29, 1.82) is 0 Å². The minimum Gasteiger partial charge on any atom is -0.251 e. The third-order valence-corrected chi connectivity index (χ3v) is 4.25. The minimum absolute atomic E-state index is 0.193. The number of thioether (sulfide) groups is 1. The Labute approximate surface area is 126 Å². The van der Waals surface area contributed by atoms with Crippen LogP contribution in [-0.4, -0.2) is 14.4 Å². The van der Waals surface area contributed by atoms with E-state index in [-0.39, 0.29) is 10.9 Å². The van der Waals surface area contributed by atoms with E-state index in [1.54, 1.807) is 6.20 Å². The molecule has 0 saturated heterocycles. The average Bonchev–Trinajstić information content (AvgIpc) is 2.49. The minimum atomic E-state index is -0.286. The molecule has 0 spiro atoms. The van der Waals surface area contributed by atoms with Crippen LogP contribution in [0.15, 0.2) is 58.6 Å². The van der Waals surface area contributed by atoms with Crippen molar-refractivity contribution < 1.29 is 0 Å². The van der Waals surface area contributed by atoms with Gasteiger partial charge >= 0.3 is 5.69 Å². The standard InChI is InChI=1S/C16H15N3OS/c1-11-8-9-14-17-15(18-16(20)19(14)10-11)21-12(2)13-6-4-3-5-7-13/h3-10,12H,1-2H3/t12-/m0/s1. The number of fused-ring (bicyclic) bond motifs is 1. The summed E-state index contributed by atoms with van der Waals surface area (Å²) in [6, 6.07) is 13.9. The van der Waals surface area contributed by atoms with Crippen LogP contribution in [-0.2, 0) is 0 Å². The second-order valence-electron chi connectivity index (χ2n) is 4.89. The first-order valence-electron chi connectivity index (χ1n) is 6.72. The molecule has 106 valence electrons. The van der Waals surface area contributed by atoms with Crippen LogP contribution in [0.2, 0.25) is 0 Å². The molecule has 2 aromatic heterocycles. The molecule has 2 heterocycles. The SMILES string of the molecule is Cc1ccc2nc(S[C@@H](C)c3ccccc3)nc(=O)n2c1. The number of hydrogen-bond acceptors (Lipinski definition) is 4. The highest BCUT2D eigenvalue weighted by atomic mass is 32.2. The van der Waals surface area contributed by atoms with Crippen molar-refractivity contribution in [2.24, 2.45) is 0 Å². The summed E-state index contributed by atoms with van der Waals surface area (Å²) in [5.41, 5.74) is 2.54. The monoisotopic (exact) mass is 297 g/mol. The molecule has 0 aliphatic rings. The number of benzene rings is 1. The van der Waals surface area contributed by atoms with Crippen LogP contribution >= 0.6 is 11.8 Å². The van der Waals surface area contributed by atoms with Gasteiger partial charge in [0.25, 0.3) is 0 Å². The normalized spacial score (nSPS) is 12.5. The van der Waals surface area contributed by atoms with Gasteiger partial charge in [-0.2, -0.15) is 4.98 Å². The first-order valence-corrected chi connectivity index (χ1v) is 7.60. The van der Waals surface area contributed by atoms with Gasteiger partial charge in [0.2, 0.25) is 0 Å². The van der Waals surface area contributed by atoms with Gasteiger partial charge in [0.15, 0.2) is 5.16 Å². The molecule has 0 saturated carbocycles. The lowest BCUT2D eigenvalue weighted by Gasteiger charge is -2.10. The molecule has 4 nitrogen and oxygen atoms in total. The smallest absolute Gasteiger partial charge is 0.251 e. The van der Waals surface area contributed by atoms with E-state index in [0.717, 1.165) is 5.56 Å². The second kappa shape index (κ2) is 5.69. The highest BCUT2D eigenvalue weighted by Gasteiger charge is 2.11. The van der Waals surface area contributed by atoms with Crippen LogP contribution in [0.5, 0.6) is 0 Å². The van der Waals surface area contributed by atoms with Gasteiger partial charge in [0.1, 0.15) is 5.65 Å². The number of rotatable bonds is 3. The van der Waals surface area contributed by atoms with E-state index in [1.165, 1.54) is 21.7 Å². The van der Waals surface area contributed by atoms with Crippen molar-refractivity contribution in [3.8, 4) is 0 Å². The molecule has 0 amide bonds. The molecule has 1 atom stereocenters. The van der Waals surface area contributed by atoms with Crippen molar-refractivity contribution in [2.75, 3.05) is 0 Å². The summed E-state index contributed by atoms with van der Waals surface area (Å²) in [4.78, 5) is 20.6. The molecule has 21 heavy (non-hydrogen) atoms. The second-order valence-corrected chi connectivity index (χ2v) is 6.20. The zero-order chi connectivity index (χ0) is 14.8. The van der Waals surface area contributed by atoms with Crippen molar-refractivity contribution in [1.82, 2.24) is 14.4 Å². The van der Waals surface area contributed by atoms with Crippen LogP contribution in [0.3, 0.4) is 0 Å². The predicted molar refractivity (Wildman–Crippen MR) is 84.7 cm³/mol. The average molecular weight is 297 g/mol. The summed E-state index contributed by atoms with van der Waals surface area (Å²) >= 11 is 1.49. The zero-order valence-corrected chi connectivity index (χ0v) is 12.7. The van der Waals surface area contributed by atoms with Crippen LogP contribution in [0.4, 0.5) is 0 Å². The summed E-state index contributed by atoms with van der Waals surface area (Å²) in [5, 5.41) is 0.707. The fourth-order valence-electron chi connectivity index (χ4n) is 2.11. The lowest BCUT2D eigenvalue weighted by molar-refractivity contribution is 0.840. The highest BCUT2D eigenvalue weighted by Crippen LogP contribution is 2.31. The van der Waals surface area contributed by atoms with Gasteiger partial charge in [-0.25, -0.2) is 9.78 Å². The Morgan fingerprint density at radius 3 is 2.62 bits per heavy atom. The van der Waals surface area contributed by atoms with Crippen LogP contribution in [0, 0.1) is 6.92 Å². The molecule has 0 bridgehead atoms. The Morgan fingerprint density at radius 2 is 1.86 bits per heavy atom. The van der Waals surface area contributed by atoms with E-state index >= 15 is 0 Å². The van der Waals surface area contributed by atoms with Gasteiger partial charge < -0.3 is 0 Å². The quantitative estimate of drug-likeness (QED) is 0.696. The molecule has 1 aromatic carbocycles. The molecule has 3 rings (SSSR count). The lowest BCUT2D eigenvalue weighted by atomic mass is 10.2. The maximum absolute atomic E-state index is 12.1. The van der Waals surface area contributed by atoms with Gasteiger partial charge in [-0.15, -0.1) is 0 Å². The van der Waals surface area contributed by atoms with E-state index in [0.29, 0.717) is 10.8 Å². The Hall–Kier alpha value is -2.14. The summed E-state index contributed by atoms with van der Waals surface area (Å²) in [6.45, 7) is 4.02. The first-order chi connectivity index (χ1) is 10.1. The Balaban J connectivity index is 1.95. The molecule has 0 fully saturated rings. The summed E-state index contributed by atoms with van der Waals surface area (Å²) < 4.78 is 1.48.